The van der Waals surface area contributed by atoms with Crippen molar-refractivity contribution in [1.82, 2.24) is 10.3 Å². The first-order valence-electron chi connectivity index (χ1n) is 8.81. The number of aromatic amines is 1. The third kappa shape index (κ3) is 5.95. The van der Waals surface area contributed by atoms with Crippen molar-refractivity contribution in [3.05, 3.63) is 57.5 Å². The molecular formula is C20H26N2O4. The molecule has 0 spiro atoms. The predicted molar refractivity (Wildman–Crippen MR) is 101 cm³/mol. The number of aromatic nitrogens is 1. The van der Waals surface area contributed by atoms with Gasteiger partial charge in [0, 0.05) is 24.2 Å². The Morgan fingerprint density at radius 2 is 1.77 bits per heavy atom. The van der Waals surface area contributed by atoms with E-state index in [0.29, 0.717) is 31.6 Å². The minimum Gasteiger partial charge on any atom is -0.494 e. The molecule has 1 aromatic heterocycles. The van der Waals surface area contributed by atoms with Crippen LogP contribution in [0.25, 0.3) is 0 Å². The molecule has 0 unspecified atom stereocenters. The normalized spacial score (nSPS) is 10.4. The lowest BCUT2D eigenvalue weighted by molar-refractivity contribution is -0.121. The SMILES string of the molecule is CCOc1ccc(OCCCC(=O)NCc2c(C)cc(C)[nH]c2=O)cc1. The average Bonchev–Trinajstić information content (AvgIpc) is 2.59. The summed E-state index contributed by atoms with van der Waals surface area (Å²) in [6, 6.07) is 9.29. The first kappa shape index (κ1) is 19.6. The number of pyridine rings is 1. The molecule has 1 aromatic carbocycles. The number of hydrogen-bond donors (Lipinski definition) is 2. The molecule has 0 atom stereocenters. The Kier molecular flexibility index (Phi) is 7.26. The molecule has 0 saturated heterocycles. The van der Waals surface area contributed by atoms with Gasteiger partial charge < -0.3 is 19.8 Å². The molecule has 2 N–H and O–H groups in total. The fraction of sp³-hybridized carbons (Fsp3) is 0.400. The van der Waals surface area contributed by atoms with Crippen molar-refractivity contribution in [2.24, 2.45) is 0 Å². The number of H-pyrrole nitrogens is 1. The minimum atomic E-state index is -0.151. The number of amides is 1. The van der Waals surface area contributed by atoms with E-state index in [2.05, 4.69) is 10.3 Å². The van der Waals surface area contributed by atoms with Gasteiger partial charge in [0.25, 0.3) is 5.56 Å². The number of benzene rings is 1. The van der Waals surface area contributed by atoms with E-state index in [1.165, 1.54) is 0 Å². The second-order valence-electron chi connectivity index (χ2n) is 6.08. The van der Waals surface area contributed by atoms with Gasteiger partial charge in [-0.05, 0) is 63.1 Å². The van der Waals surface area contributed by atoms with Gasteiger partial charge in [-0.25, -0.2) is 0 Å². The Labute approximate surface area is 153 Å². The second-order valence-corrected chi connectivity index (χ2v) is 6.08. The van der Waals surface area contributed by atoms with Crippen LogP contribution in [0.4, 0.5) is 0 Å². The maximum atomic E-state index is 11.9. The highest BCUT2D eigenvalue weighted by molar-refractivity contribution is 5.75. The van der Waals surface area contributed by atoms with E-state index in [1.54, 1.807) is 0 Å². The molecule has 0 aliphatic carbocycles. The largest absolute Gasteiger partial charge is 0.494 e. The number of hydrogen-bond acceptors (Lipinski definition) is 4. The van der Waals surface area contributed by atoms with E-state index in [9.17, 15) is 9.59 Å². The number of aryl methyl sites for hydroxylation is 2. The first-order valence-corrected chi connectivity index (χ1v) is 8.81. The molecule has 0 radical (unpaired) electrons. The molecule has 1 heterocycles. The number of nitrogens with one attached hydrogen (secondary N) is 2. The van der Waals surface area contributed by atoms with Crippen LogP contribution in [-0.4, -0.2) is 24.1 Å². The van der Waals surface area contributed by atoms with Crippen LogP contribution in [0.2, 0.25) is 0 Å². The smallest absolute Gasteiger partial charge is 0.253 e. The lowest BCUT2D eigenvalue weighted by atomic mass is 10.1. The summed E-state index contributed by atoms with van der Waals surface area (Å²) in [4.78, 5) is 26.6. The third-order valence-electron chi connectivity index (χ3n) is 3.91. The molecule has 0 bridgehead atoms. The van der Waals surface area contributed by atoms with E-state index >= 15 is 0 Å². The summed E-state index contributed by atoms with van der Waals surface area (Å²) in [6.45, 7) is 6.95. The summed E-state index contributed by atoms with van der Waals surface area (Å²) < 4.78 is 11.0. The van der Waals surface area contributed by atoms with Gasteiger partial charge in [0.1, 0.15) is 11.5 Å². The van der Waals surface area contributed by atoms with Gasteiger partial charge in [0.15, 0.2) is 0 Å². The van der Waals surface area contributed by atoms with Gasteiger partial charge in [-0.15, -0.1) is 0 Å². The van der Waals surface area contributed by atoms with Crippen molar-refractivity contribution in [3.63, 3.8) is 0 Å². The highest BCUT2D eigenvalue weighted by Crippen LogP contribution is 2.17. The standard InChI is InChI=1S/C20H26N2O4/c1-4-25-16-7-9-17(10-8-16)26-11-5-6-19(23)21-13-18-14(2)12-15(3)22-20(18)24/h7-10,12H,4-6,11,13H2,1-3H3,(H,21,23)(H,22,24). The summed E-state index contributed by atoms with van der Waals surface area (Å²) >= 11 is 0. The van der Waals surface area contributed by atoms with Gasteiger partial charge in [0.2, 0.25) is 5.91 Å². The van der Waals surface area contributed by atoms with Crippen LogP contribution < -0.4 is 20.3 Å². The number of carbonyl (C=O) groups is 1. The lowest BCUT2D eigenvalue weighted by Crippen LogP contribution is -2.28. The van der Waals surface area contributed by atoms with Crippen molar-refractivity contribution in [1.29, 1.82) is 0 Å². The number of ether oxygens (including phenoxy) is 2. The topological polar surface area (TPSA) is 80.4 Å². The Balaban J connectivity index is 1.70. The van der Waals surface area contributed by atoms with Gasteiger partial charge in [-0.3, -0.25) is 9.59 Å². The van der Waals surface area contributed by atoms with E-state index in [1.807, 2.05) is 51.1 Å². The number of rotatable bonds is 9. The molecule has 0 aliphatic rings. The maximum Gasteiger partial charge on any atom is 0.253 e. The lowest BCUT2D eigenvalue weighted by Gasteiger charge is -2.09. The maximum absolute atomic E-state index is 11.9. The summed E-state index contributed by atoms with van der Waals surface area (Å²) in [5.41, 5.74) is 2.13. The highest BCUT2D eigenvalue weighted by atomic mass is 16.5. The third-order valence-corrected chi connectivity index (χ3v) is 3.91. The van der Waals surface area contributed by atoms with Crippen molar-refractivity contribution < 1.29 is 14.3 Å². The Morgan fingerprint density at radius 1 is 1.12 bits per heavy atom. The zero-order chi connectivity index (χ0) is 18.9. The molecule has 2 rings (SSSR count). The van der Waals surface area contributed by atoms with E-state index < -0.39 is 0 Å². The zero-order valence-corrected chi connectivity index (χ0v) is 15.6. The molecule has 140 valence electrons. The van der Waals surface area contributed by atoms with Crippen LogP contribution in [0.3, 0.4) is 0 Å². The monoisotopic (exact) mass is 358 g/mol. The van der Waals surface area contributed by atoms with Crippen molar-refractivity contribution in [2.45, 2.75) is 40.2 Å². The molecule has 1 amide bonds. The fourth-order valence-electron chi connectivity index (χ4n) is 2.60. The Morgan fingerprint density at radius 3 is 2.38 bits per heavy atom. The molecule has 0 aliphatic heterocycles. The van der Waals surface area contributed by atoms with Crippen molar-refractivity contribution in [3.8, 4) is 11.5 Å². The average molecular weight is 358 g/mol. The summed E-state index contributed by atoms with van der Waals surface area (Å²) in [5.74, 6) is 1.45. The van der Waals surface area contributed by atoms with Crippen LogP contribution in [-0.2, 0) is 11.3 Å². The van der Waals surface area contributed by atoms with Crippen LogP contribution in [0, 0.1) is 13.8 Å². The zero-order valence-electron chi connectivity index (χ0n) is 15.6. The van der Waals surface area contributed by atoms with Crippen LogP contribution in [0.1, 0.15) is 36.6 Å². The van der Waals surface area contributed by atoms with Gasteiger partial charge in [-0.1, -0.05) is 0 Å². The Bertz CT molecular complexity index is 781. The first-order chi connectivity index (χ1) is 12.5. The highest BCUT2D eigenvalue weighted by Gasteiger charge is 2.07. The second kappa shape index (κ2) is 9.65. The van der Waals surface area contributed by atoms with Crippen LogP contribution in [0.15, 0.2) is 35.1 Å². The molecule has 0 saturated carbocycles. The molecule has 2 aromatic rings. The Hall–Kier alpha value is -2.76. The van der Waals surface area contributed by atoms with E-state index in [4.69, 9.17) is 9.47 Å². The number of carbonyl (C=O) groups excluding carboxylic acids is 1. The van der Waals surface area contributed by atoms with E-state index in [-0.39, 0.29) is 18.0 Å². The van der Waals surface area contributed by atoms with Crippen molar-refractivity contribution >= 4 is 5.91 Å². The quantitative estimate of drug-likeness (QED) is 0.676. The molecule has 0 fully saturated rings. The van der Waals surface area contributed by atoms with Gasteiger partial charge in [0.05, 0.1) is 13.2 Å². The van der Waals surface area contributed by atoms with Gasteiger partial charge in [-0.2, -0.15) is 0 Å². The molecule has 6 nitrogen and oxygen atoms in total. The minimum absolute atomic E-state index is 0.0975. The summed E-state index contributed by atoms with van der Waals surface area (Å²) in [6.07, 6.45) is 0.947. The van der Waals surface area contributed by atoms with Gasteiger partial charge >= 0.3 is 0 Å². The summed E-state index contributed by atoms with van der Waals surface area (Å²) in [7, 11) is 0. The predicted octanol–water partition coefficient (Wildman–Crippen LogP) is 2.87. The van der Waals surface area contributed by atoms with Crippen LogP contribution in [0.5, 0.6) is 11.5 Å². The van der Waals surface area contributed by atoms with Crippen LogP contribution >= 0.6 is 0 Å². The van der Waals surface area contributed by atoms with Crippen molar-refractivity contribution in [2.75, 3.05) is 13.2 Å². The molecule has 26 heavy (non-hydrogen) atoms. The fourth-order valence-corrected chi connectivity index (χ4v) is 2.60. The molecule has 6 heteroatoms. The van der Waals surface area contributed by atoms with E-state index in [0.717, 1.165) is 22.8 Å². The summed E-state index contributed by atoms with van der Waals surface area (Å²) in [5, 5.41) is 2.79. The molecular weight excluding hydrogens is 332 g/mol.